The van der Waals surface area contributed by atoms with Crippen LogP contribution in [-0.2, 0) is 11.3 Å². The molecule has 1 fully saturated rings. The predicted octanol–water partition coefficient (Wildman–Crippen LogP) is 2.87. The van der Waals surface area contributed by atoms with Crippen molar-refractivity contribution in [2.45, 2.75) is 27.3 Å². The molecule has 5 heteroatoms. The van der Waals surface area contributed by atoms with Crippen molar-refractivity contribution in [3.05, 3.63) is 59.9 Å². The molecule has 2 amide bonds. The fraction of sp³-hybridized carbons (Fsp3) is 0.429. The summed E-state index contributed by atoms with van der Waals surface area (Å²) in [6.07, 6.45) is 1.94. The fourth-order valence-electron chi connectivity index (χ4n) is 3.28. The molecule has 1 aliphatic heterocycles. The lowest BCUT2D eigenvalue weighted by Crippen LogP contribution is -2.53. The average Bonchev–Trinajstić information content (AvgIpc) is 3.09. The first-order chi connectivity index (χ1) is 12.4. The summed E-state index contributed by atoms with van der Waals surface area (Å²) in [5.74, 6) is 0.186. The number of amides is 2. The van der Waals surface area contributed by atoms with Crippen LogP contribution in [0.2, 0.25) is 0 Å². The van der Waals surface area contributed by atoms with Gasteiger partial charge in [-0.05, 0) is 17.7 Å². The Kier molecular flexibility index (Phi) is 5.16. The van der Waals surface area contributed by atoms with Gasteiger partial charge in [-0.1, -0.05) is 51.1 Å². The van der Waals surface area contributed by atoms with Crippen molar-refractivity contribution in [3.8, 4) is 0 Å². The van der Waals surface area contributed by atoms with Crippen molar-refractivity contribution in [1.29, 1.82) is 0 Å². The van der Waals surface area contributed by atoms with E-state index in [9.17, 15) is 9.59 Å². The second kappa shape index (κ2) is 7.36. The second-order valence-electron chi connectivity index (χ2n) is 7.84. The Morgan fingerprint density at radius 2 is 1.50 bits per heavy atom. The summed E-state index contributed by atoms with van der Waals surface area (Å²) in [5, 5.41) is 0. The van der Waals surface area contributed by atoms with E-state index in [1.807, 2.05) is 71.7 Å². The first-order valence-corrected chi connectivity index (χ1v) is 9.14. The third-order valence-electron chi connectivity index (χ3n) is 4.74. The van der Waals surface area contributed by atoms with Crippen molar-refractivity contribution in [3.63, 3.8) is 0 Å². The number of aromatic nitrogens is 1. The maximum absolute atomic E-state index is 12.9. The molecule has 0 spiro atoms. The van der Waals surface area contributed by atoms with Gasteiger partial charge in [0.2, 0.25) is 5.91 Å². The number of hydrogen-bond donors (Lipinski definition) is 0. The molecule has 138 valence electrons. The molecule has 0 atom stereocenters. The Labute approximate surface area is 155 Å². The van der Waals surface area contributed by atoms with Crippen LogP contribution in [0.3, 0.4) is 0 Å². The zero-order valence-corrected chi connectivity index (χ0v) is 15.8. The van der Waals surface area contributed by atoms with E-state index in [0.29, 0.717) is 38.4 Å². The molecule has 0 saturated carbocycles. The monoisotopic (exact) mass is 353 g/mol. The van der Waals surface area contributed by atoms with E-state index < -0.39 is 0 Å². The van der Waals surface area contributed by atoms with Crippen LogP contribution in [0.4, 0.5) is 0 Å². The summed E-state index contributed by atoms with van der Waals surface area (Å²) in [4.78, 5) is 29.1. The zero-order valence-electron chi connectivity index (χ0n) is 15.8. The van der Waals surface area contributed by atoms with Gasteiger partial charge in [0.25, 0.3) is 5.91 Å². The molecule has 2 aromatic rings. The lowest BCUT2D eigenvalue weighted by Gasteiger charge is -2.37. The van der Waals surface area contributed by atoms with Crippen LogP contribution < -0.4 is 0 Å². The SMILES string of the molecule is CC(C)(C)C(=O)N1CCN(C(=O)c2cccn2Cc2ccccc2)CC1. The third-order valence-corrected chi connectivity index (χ3v) is 4.74. The van der Waals surface area contributed by atoms with Gasteiger partial charge in [-0.3, -0.25) is 9.59 Å². The topological polar surface area (TPSA) is 45.6 Å². The lowest BCUT2D eigenvalue weighted by atomic mass is 9.94. The van der Waals surface area contributed by atoms with E-state index in [1.165, 1.54) is 5.56 Å². The van der Waals surface area contributed by atoms with E-state index >= 15 is 0 Å². The minimum absolute atomic E-state index is 0.0359. The standard InChI is InChI=1S/C21H27N3O2/c1-21(2,3)20(26)23-14-12-22(13-15-23)19(25)18-10-7-11-24(18)16-17-8-5-4-6-9-17/h4-11H,12-16H2,1-3H3. The molecule has 5 nitrogen and oxygen atoms in total. The zero-order chi connectivity index (χ0) is 18.7. The minimum Gasteiger partial charge on any atom is -0.339 e. The quantitative estimate of drug-likeness (QED) is 0.852. The molecule has 0 radical (unpaired) electrons. The molecule has 26 heavy (non-hydrogen) atoms. The van der Waals surface area contributed by atoms with Crippen LogP contribution in [-0.4, -0.2) is 52.4 Å². The van der Waals surface area contributed by atoms with Crippen molar-refractivity contribution in [2.24, 2.45) is 5.41 Å². The molecular weight excluding hydrogens is 326 g/mol. The number of nitrogens with zero attached hydrogens (tertiary/aromatic N) is 3. The van der Waals surface area contributed by atoms with Crippen molar-refractivity contribution < 1.29 is 9.59 Å². The number of carbonyl (C=O) groups excluding carboxylic acids is 2. The molecule has 2 heterocycles. The van der Waals surface area contributed by atoms with Crippen molar-refractivity contribution >= 4 is 11.8 Å². The van der Waals surface area contributed by atoms with E-state index in [1.54, 1.807) is 0 Å². The summed E-state index contributed by atoms with van der Waals surface area (Å²) < 4.78 is 1.99. The van der Waals surface area contributed by atoms with Gasteiger partial charge in [-0.25, -0.2) is 0 Å². The number of hydrogen-bond acceptors (Lipinski definition) is 2. The van der Waals surface area contributed by atoms with E-state index in [2.05, 4.69) is 12.1 Å². The molecule has 1 aliphatic rings. The Bertz CT molecular complexity index is 766. The average molecular weight is 353 g/mol. The molecule has 1 aromatic heterocycles. The van der Waals surface area contributed by atoms with Crippen LogP contribution in [0.15, 0.2) is 48.7 Å². The van der Waals surface area contributed by atoms with Crippen molar-refractivity contribution in [1.82, 2.24) is 14.4 Å². The Balaban J connectivity index is 1.65. The normalized spacial score (nSPS) is 15.2. The molecule has 1 saturated heterocycles. The summed E-state index contributed by atoms with van der Waals surface area (Å²) in [7, 11) is 0. The van der Waals surface area contributed by atoms with Crippen LogP contribution in [0.5, 0.6) is 0 Å². The highest BCUT2D eigenvalue weighted by atomic mass is 16.2. The minimum atomic E-state index is -0.378. The summed E-state index contributed by atoms with van der Waals surface area (Å²) in [6.45, 7) is 8.84. The van der Waals surface area contributed by atoms with Gasteiger partial charge in [0.05, 0.1) is 0 Å². The van der Waals surface area contributed by atoms with E-state index in [-0.39, 0.29) is 17.2 Å². The van der Waals surface area contributed by atoms with Crippen LogP contribution in [0, 0.1) is 5.41 Å². The Morgan fingerprint density at radius 3 is 2.12 bits per heavy atom. The molecule has 0 unspecified atom stereocenters. The third kappa shape index (κ3) is 3.98. The first kappa shape index (κ1) is 18.2. The Hall–Kier alpha value is -2.56. The highest BCUT2D eigenvalue weighted by molar-refractivity contribution is 5.93. The predicted molar refractivity (Wildman–Crippen MR) is 102 cm³/mol. The Morgan fingerprint density at radius 1 is 0.885 bits per heavy atom. The van der Waals surface area contributed by atoms with Gasteiger partial charge >= 0.3 is 0 Å². The number of piperazine rings is 1. The van der Waals surface area contributed by atoms with Gasteiger partial charge < -0.3 is 14.4 Å². The van der Waals surface area contributed by atoms with Crippen LogP contribution in [0.25, 0.3) is 0 Å². The van der Waals surface area contributed by atoms with E-state index in [4.69, 9.17) is 0 Å². The van der Waals surface area contributed by atoms with Gasteiger partial charge in [0.15, 0.2) is 0 Å². The maximum atomic E-state index is 12.9. The largest absolute Gasteiger partial charge is 0.339 e. The van der Waals surface area contributed by atoms with Crippen molar-refractivity contribution in [2.75, 3.05) is 26.2 Å². The van der Waals surface area contributed by atoms with E-state index in [0.717, 1.165) is 0 Å². The highest BCUT2D eigenvalue weighted by Gasteiger charge is 2.31. The number of carbonyl (C=O) groups is 2. The molecule has 0 aliphatic carbocycles. The lowest BCUT2D eigenvalue weighted by molar-refractivity contribution is -0.140. The summed E-state index contributed by atoms with van der Waals surface area (Å²) in [6, 6.07) is 13.9. The molecule has 1 aromatic carbocycles. The molecule has 0 N–H and O–H groups in total. The molecule has 0 bridgehead atoms. The summed E-state index contributed by atoms with van der Waals surface area (Å²) in [5.41, 5.74) is 1.49. The van der Waals surface area contributed by atoms with Gasteiger partial charge in [-0.15, -0.1) is 0 Å². The summed E-state index contributed by atoms with van der Waals surface area (Å²) >= 11 is 0. The molecule has 3 rings (SSSR count). The number of benzene rings is 1. The number of rotatable bonds is 3. The maximum Gasteiger partial charge on any atom is 0.270 e. The highest BCUT2D eigenvalue weighted by Crippen LogP contribution is 2.19. The van der Waals surface area contributed by atoms with Gasteiger partial charge in [0.1, 0.15) is 5.69 Å². The van der Waals surface area contributed by atoms with Gasteiger partial charge in [0, 0.05) is 44.3 Å². The fourth-order valence-corrected chi connectivity index (χ4v) is 3.28. The van der Waals surface area contributed by atoms with Gasteiger partial charge in [-0.2, -0.15) is 0 Å². The van der Waals surface area contributed by atoms with Crippen LogP contribution in [0.1, 0.15) is 36.8 Å². The smallest absolute Gasteiger partial charge is 0.270 e. The molecular formula is C21H27N3O2. The second-order valence-corrected chi connectivity index (χ2v) is 7.84. The first-order valence-electron chi connectivity index (χ1n) is 9.14. The van der Waals surface area contributed by atoms with Crippen LogP contribution >= 0.6 is 0 Å².